The van der Waals surface area contributed by atoms with Crippen molar-refractivity contribution in [2.75, 3.05) is 7.11 Å². The molecule has 0 radical (unpaired) electrons. The Kier molecular flexibility index (Phi) is 6.98. The Balaban J connectivity index is 4.16. The number of rotatable bonds is 5. The Morgan fingerprint density at radius 3 is 2.46 bits per heavy atom. The lowest BCUT2D eigenvalue weighted by molar-refractivity contribution is -0.134. The summed E-state index contributed by atoms with van der Waals surface area (Å²) in [6.07, 6.45) is 8.54. The van der Waals surface area contributed by atoms with E-state index in [1.807, 2.05) is 6.08 Å². The van der Waals surface area contributed by atoms with Gasteiger partial charge in [-0.05, 0) is 12.8 Å². The molecular formula is C11H18O2. The molecule has 0 unspecified atom stereocenters. The molecule has 0 aliphatic rings. The molecule has 0 spiro atoms. The Hall–Kier alpha value is -1.05. The van der Waals surface area contributed by atoms with Crippen molar-refractivity contribution in [1.29, 1.82) is 0 Å². The maximum atomic E-state index is 10.8. The van der Waals surface area contributed by atoms with Gasteiger partial charge in [-0.15, -0.1) is 0 Å². The topological polar surface area (TPSA) is 26.3 Å². The summed E-state index contributed by atoms with van der Waals surface area (Å²) in [5.41, 5.74) is 1.20. The fraction of sp³-hybridized carbons (Fsp3) is 0.545. The zero-order chi connectivity index (χ0) is 10.1. The van der Waals surface area contributed by atoms with Crippen molar-refractivity contribution in [2.45, 2.75) is 33.1 Å². The molecule has 0 rings (SSSR count). The van der Waals surface area contributed by atoms with E-state index in [0.29, 0.717) is 0 Å². The summed E-state index contributed by atoms with van der Waals surface area (Å²) in [6.45, 7) is 4.21. The van der Waals surface area contributed by atoms with Gasteiger partial charge in [0.1, 0.15) is 0 Å². The van der Waals surface area contributed by atoms with Gasteiger partial charge >= 0.3 is 5.97 Å². The minimum atomic E-state index is -0.293. The van der Waals surface area contributed by atoms with Crippen LogP contribution in [-0.2, 0) is 9.53 Å². The first-order valence-electron chi connectivity index (χ1n) is 4.69. The Morgan fingerprint density at radius 1 is 1.31 bits per heavy atom. The van der Waals surface area contributed by atoms with E-state index >= 15 is 0 Å². The lowest BCUT2D eigenvalue weighted by Gasteiger charge is -1.98. The molecule has 0 saturated heterocycles. The van der Waals surface area contributed by atoms with E-state index in [2.05, 4.69) is 24.7 Å². The molecule has 0 amide bonds. The van der Waals surface area contributed by atoms with E-state index < -0.39 is 0 Å². The number of allylic oxidation sites excluding steroid dienone is 3. The first-order valence-corrected chi connectivity index (χ1v) is 4.69. The van der Waals surface area contributed by atoms with Gasteiger partial charge in [-0.1, -0.05) is 38.0 Å². The van der Waals surface area contributed by atoms with E-state index in [1.165, 1.54) is 18.8 Å². The van der Waals surface area contributed by atoms with Gasteiger partial charge in [-0.3, -0.25) is 0 Å². The minimum absolute atomic E-state index is 0.293. The molecule has 0 aromatic carbocycles. The lowest BCUT2D eigenvalue weighted by atomic mass is 10.1. The van der Waals surface area contributed by atoms with Crippen molar-refractivity contribution in [3.05, 3.63) is 23.8 Å². The van der Waals surface area contributed by atoms with Crippen LogP contribution in [0.2, 0.25) is 0 Å². The summed E-state index contributed by atoms with van der Waals surface area (Å²) < 4.78 is 4.50. The van der Waals surface area contributed by atoms with Gasteiger partial charge in [0.15, 0.2) is 0 Å². The van der Waals surface area contributed by atoms with Crippen LogP contribution >= 0.6 is 0 Å². The third-order valence-corrected chi connectivity index (χ3v) is 1.64. The van der Waals surface area contributed by atoms with Crippen LogP contribution in [-0.4, -0.2) is 13.1 Å². The monoisotopic (exact) mass is 182 g/mol. The summed E-state index contributed by atoms with van der Waals surface area (Å²) in [5, 5.41) is 0. The molecule has 0 aliphatic heterocycles. The van der Waals surface area contributed by atoms with Crippen LogP contribution in [0.5, 0.6) is 0 Å². The third kappa shape index (κ3) is 6.14. The van der Waals surface area contributed by atoms with Crippen LogP contribution in [0, 0.1) is 0 Å². The molecule has 0 aliphatic carbocycles. The Morgan fingerprint density at radius 2 is 2.00 bits per heavy atom. The number of ether oxygens (including phenoxy) is 1. The van der Waals surface area contributed by atoms with Crippen LogP contribution < -0.4 is 0 Å². The first kappa shape index (κ1) is 11.9. The average Bonchev–Trinajstić information content (AvgIpc) is 2.14. The molecule has 0 atom stereocenters. The molecule has 0 aromatic rings. The van der Waals surface area contributed by atoms with Gasteiger partial charge in [0.2, 0.25) is 0 Å². The van der Waals surface area contributed by atoms with Gasteiger partial charge in [0.05, 0.1) is 7.11 Å². The summed E-state index contributed by atoms with van der Waals surface area (Å²) in [5.74, 6) is -0.293. The van der Waals surface area contributed by atoms with Crippen molar-refractivity contribution >= 4 is 5.97 Å². The summed E-state index contributed by atoms with van der Waals surface area (Å²) in [7, 11) is 1.38. The smallest absolute Gasteiger partial charge is 0.330 e. The molecule has 0 saturated carbocycles. The van der Waals surface area contributed by atoms with Gasteiger partial charge in [-0.2, -0.15) is 0 Å². The van der Waals surface area contributed by atoms with Crippen molar-refractivity contribution in [3.63, 3.8) is 0 Å². The number of carbonyl (C=O) groups excluding carboxylic acids is 1. The number of hydrogen-bond acceptors (Lipinski definition) is 2. The highest BCUT2D eigenvalue weighted by Crippen LogP contribution is 2.07. The van der Waals surface area contributed by atoms with Crippen molar-refractivity contribution < 1.29 is 9.53 Å². The molecule has 0 bridgehead atoms. The number of esters is 1. The molecule has 2 heteroatoms. The highest BCUT2D eigenvalue weighted by Gasteiger charge is 1.93. The van der Waals surface area contributed by atoms with E-state index in [-0.39, 0.29) is 5.97 Å². The second kappa shape index (κ2) is 7.59. The summed E-state index contributed by atoms with van der Waals surface area (Å²) in [6, 6.07) is 0. The van der Waals surface area contributed by atoms with E-state index in [9.17, 15) is 4.79 Å². The first-order chi connectivity index (χ1) is 6.24. The highest BCUT2D eigenvalue weighted by atomic mass is 16.5. The van der Waals surface area contributed by atoms with Crippen LogP contribution in [0.15, 0.2) is 23.8 Å². The third-order valence-electron chi connectivity index (χ3n) is 1.64. The van der Waals surface area contributed by atoms with Crippen molar-refractivity contribution in [1.82, 2.24) is 0 Å². The number of methoxy groups -OCH3 is 1. The fourth-order valence-electron chi connectivity index (χ4n) is 1.05. The van der Waals surface area contributed by atoms with Crippen molar-refractivity contribution in [3.8, 4) is 0 Å². The molecule has 2 nitrogen and oxygen atoms in total. The summed E-state index contributed by atoms with van der Waals surface area (Å²) in [4.78, 5) is 10.8. The maximum absolute atomic E-state index is 10.8. The van der Waals surface area contributed by atoms with Crippen LogP contribution in [0.3, 0.4) is 0 Å². The zero-order valence-electron chi connectivity index (χ0n) is 8.67. The van der Waals surface area contributed by atoms with Crippen molar-refractivity contribution in [2.24, 2.45) is 0 Å². The fourth-order valence-corrected chi connectivity index (χ4v) is 1.05. The molecular weight excluding hydrogens is 164 g/mol. The SMILES string of the molecule is CC/C=C(/C=C/C(=O)OC)CCC. The predicted molar refractivity (Wildman–Crippen MR) is 54.4 cm³/mol. The van der Waals surface area contributed by atoms with Crippen LogP contribution in [0.1, 0.15) is 33.1 Å². The second-order valence-electron chi connectivity index (χ2n) is 2.79. The van der Waals surface area contributed by atoms with E-state index in [4.69, 9.17) is 0 Å². The van der Waals surface area contributed by atoms with Gasteiger partial charge in [0.25, 0.3) is 0 Å². The highest BCUT2D eigenvalue weighted by molar-refractivity contribution is 5.82. The molecule has 74 valence electrons. The lowest BCUT2D eigenvalue weighted by Crippen LogP contribution is -1.94. The zero-order valence-corrected chi connectivity index (χ0v) is 8.67. The van der Waals surface area contributed by atoms with Gasteiger partial charge < -0.3 is 4.74 Å². The van der Waals surface area contributed by atoms with Gasteiger partial charge in [-0.25, -0.2) is 4.79 Å². The van der Waals surface area contributed by atoms with E-state index in [0.717, 1.165) is 19.3 Å². The Bertz CT molecular complexity index is 202. The Labute approximate surface area is 80.3 Å². The number of hydrogen-bond donors (Lipinski definition) is 0. The minimum Gasteiger partial charge on any atom is -0.466 e. The standard InChI is InChI=1S/C11H18O2/c1-4-6-10(7-5-2)8-9-11(12)13-3/h6,8-9H,4-5,7H2,1-3H3/b9-8+,10-6+. The normalized spacial score (nSPS) is 12.1. The maximum Gasteiger partial charge on any atom is 0.330 e. The van der Waals surface area contributed by atoms with E-state index in [1.54, 1.807) is 0 Å². The second-order valence-corrected chi connectivity index (χ2v) is 2.79. The van der Waals surface area contributed by atoms with Crippen LogP contribution in [0.4, 0.5) is 0 Å². The number of carbonyl (C=O) groups is 1. The van der Waals surface area contributed by atoms with Crippen LogP contribution in [0.25, 0.3) is 0 Å². The van der Waals surface area contributed by atoms with Gasteiger partial charge in [0, 0.05) is 6.08 Å². The molecule has 0 heterocycles. The average molecular weight is 182 g/mol. The molecule has 0 fully saturated rings. The molecule has 0 N–H and O–H groups in total. The predicted octanol–water partition coefficient (Wildman–Crippen LogP) is 2.85. The quantitative estimate of drug-likeness (QED) is 0.371. The molecule has 0 aromatic heterocycles. The molecule has 13 heavy (non-hydrogen) atoms. The largest absolute Gasteiger partial charge is 0.466 e. The summed E-state index contributed by atoms with van der Waals surface area (Å²) >= 11 is 0.